The third-order valence-corrected chi connectivity index (χ3v) is 6.92. The highest BCUT2D eigenvalue weighted by atomic mass is 35.5. The van der Waals surface area contributed by atoms with Gasteiger partial charge in [-0.25, -0.2) is 0 Å². The summed E-state index contributed by atoms with van der Waals surface area (Å²) >= 11 is 11.9. The van der Waals surface area contributed by atoms with Crippen molar-refractivity contribution in [1.29, 1.82) is 0 Å². The Bertz CT molecular complexity index is 1240. The summed E-state index contributed by atoms with van der Waals surface area (Å²) < 4.78 is 0. The van der Waals surface area contributed by atoms with Crippen molar-refractivity contribution < 1.29 is 0 Å². The van der Waals surface area contributed by atoms with E-state index >= 15 is 0 Å². The molecule has 1 atom stereocenters. The molecule has 1 aliphatic heterocycles. The Morgan fingerprint density at radius 3 is 2.44 bits per heavy atom. The molecule has 2 nitrogen and oxygen atoms in total. The molecule has 1 aromatic heterocycles. The molecule has 0 saturated heterocycles. The van der Waals surface area contributed by atoms with Gasteiger partial charge in [-0.2, -0.15) is 0 Å². The van der Waals surface area contributed by atoms with Gasteiger partial charge in [0.05, 0.1) is 10.7 Å². The van der Waals surface area contributed by atoms with Crippen LogP contribution in [0.2, 0.25) is 5.02 Å². The summed E-state index contributed by atoms with van der Waals surface area (Å²) in [6.45, 7) is 8.18. The fraction of sp³-hybridized carbons (Fsp3) is 0.179. The van der Waals surface area contributed by atoms with Crippen molar-refractivity contribution in [2.24, 2.45) is 0 Å². The molecule has 0 radical (unpaired) electrons. The minimum Gasteiger partial charge on any atom is -0.374 e. The smallest absolute Gasteiger partial charge is 0.0717 e. The summed E-state index contributed by atoms with van der Waals surface area (Å²) in [5, 5.41) is 0.733. The lowest BCUT2D eigenvalue weighted by atomic mass is 9.95. The topological polar surface area (TPSA) is 16.1 Å². The minimum atomic E-state index is 0.316. The van der Waals surface area contributed by atoms with Gasteiger partial charge in [-0.1, -0.05) is 79.7 Å². The van der Waals surface area contributed by atoms with E-state index in [9.17, 15) is 0 Å². The van der Waals surface area contributed by atoms with E-state index in [1.54, 1.807) is 0 Å². The van der Waals surface area contributed by atoms with Gasteiger partial charge in [0.15, 0.2) is 0 Å². The maximum Gasteiger partial charge on any atom is 0.0717 e. The molecule has 1 aliphatic rings. The van der Waals surface area contributed by atoms with Crippen LogP contribution in [0.4, 0.5) is 0 Å². The number of rotatable bonds is 5. The lowest BCUT2D eigenvalue weighted by Crippen LogP contribution is -2.23. The van der Waals surface area contributed by atoms with Crippen LogP contribution >= 0.6 is 24.2 Å². The summed E-state index contributed by atoms with van der Waals surface area (Å²) in [4.78, 5) is 7.92. The summed E-state index contributed by atoms with van der Waals surface area (Å²) in [5.74, 6) is 0. The van der Waals surface area contributed by atoms with Gasteiger partial charge in [0.25, 0.3) is 0 Å². The largest absolute Gasteiger partial charge is 0.374 e. The number of halogens is 1. The molecule has 0 saturated carbocycles. The minimum absolute atomic E-state index is 0.316. The van der Waals surface area contributed by atoms with E-state index in [-0.39, 0.29) is 0 Å². The van der Waals surface area contributed by atoms with E-state index in [1.165, 1.54) is 0 Å². The van der Waals surface area contributed by atoms with Crippen molar-refractivity contribution in [3.8, 4) is 22.4 Å². The highest BCUT2D eigenvalue weighted by Crippen LogP contribution is 2.41. The van der Waals surface area contributed by atoms with Gasteiger partial charge in [-0.3, -0.25) is 4.98 Å². The molecule has 1 unspecified atom stereocenters. The van der Waals surface area contributed by atoms with Crippen LogP contribution in [0, 0.1) is 0 Å². The van der Waals surface area contributed by atoms with Crippen LogP contribution in [-0.2, 0) is 6.42 Å². The molecule has 4 heteroatoms. The summed E-state index contributed by atoms with van der Waals surface area (Å²) in [7, 11) is 2.07. The molecule has 0 amide bonds. The lowest BCUT2D eigenvalue weighted by molar-refractivity contribution is 0.404. The Hall–Kier alpha value is -2.75. The fourth-order valence-corrected chi connectivity index (χ4v) is 4.73. The summed E-state index contributed by atoms with van der Waals surface area (Å²) in [5.41, 5.74) is 8.12. The number of likely N-dealkylation sites (N-methyl/N-ethyl adjacent to an activating group) is 1. The normalized spacial score (nSPS) is 15.6. The van der Waals surface area contributed by atoms with E-state index in [2.05, 4.69) is 87.1 Å². The SMILES string of the molecule is C=Cc1ccc(-c2cccc(-c3cccc(C4=CC(C)N(C)C=C4)c3Cl)c2S)nc1CC. The fourth-order valence-electron chi connectivity index (χ4n) is 4.01. The van der Waals surface area contributed by atoms with E-state index in [0.29, 0.717) is 6.04 Å². The molecule has 0 bridgehead atoms. The number of pyridine rings is 1. The van der Waals surface area contributed by atoms with Gasteiger partial charge in [0.1, 0.15) is 0 Å². The zero-order valence-electron chi connectivity index (χ0n) is 18.6. The average Bonchev–Trinajstić information content (AvgIpc) is 2.81. The van der Waals surface area contributed by atoms with Crippen LogP contribution in [0.1, 0.15) is 30.7 Å². The molecular formula is C28H27ClN2S. The first-order chi connectivity index (χ1) is 15.4. The number of aryl methyl sites for hydroxylation is 1. The number of nitrogens with zero attached hydrogens (tertiary/aromatic N) is 2. The maximum atomic E-state index is 6.97. The maximum absolute atomic E-state index is 6.97. The number of allylic oxidation sites excluding steroid dienone is 2. The van der Waals surface area contributed by atoms with Gasteiger partial charge >= 0.3 is 0 Å². The Balaban J connectivity index is 1.81. The molecule has 32 heavy (non-hydrogen) atoms. The molecule has 2 heterocycles. The van der Waals surface area contributed by atoms with Crippen LogP contribution in [0.25, 0.3) is 34.0 Å². The number of thiol groups is 1. The molecule has 162 valence electrons. The van der Waals surface area contributed by atoms with Gasteiger partial charge in [0.2, 0.25) is 0 Å². The van der Waals surface area contributed by atoms with Crippen LogP contribution in [-0.4, -0.2) is 23.0 Å². The Labute approximate surface area is 201 Å². The third kappa shape index (κ3) is 4.15. The van der Waals surface area contributed by atoms with Crippen molar-refractivity contribution in [3.63, 3.8) is 0 Å². The molecule has 3 aromatic rings. The van der Waals surface area contributed by atoms with E-state index in [0.717, 1.165) is 61.1 Å². The first-order valence-corrected chi connectivity index (χ1v) is 11.6. The first kappa shape index (κ1) is 22.4. The van der Waals surface area contributed by atoms with Crippen LogP contribution in [0.3, 0.4) is 0 Å². The van der Waals surface area contributed by atoms with Gasteiger partial charge in [-0.15, -0.1) is 12.6 Å². The van der Waals surface area contributed by atoms with Crippen molar-refractivity contribution in [2.45, 2.75) is 31.2 Å². The third-order valence-electron chi connectivity index (χ3n) is 6.03. The number of aromatic nitrogens is 1. The number of hydrogen-bond donors (Lipinski definition) is 1. The summed E-state index contributed by atoms with van der Waals surface area (Å²) in [6.07, 6.45) is 9.14. The molecule has 0 N–H and O–H groups in total. The molecule has 0 aliphatic carbocycles. The van der Waals surface area contributed by atoms with E-state index in [4.69, 9.17) is 29.2 Å². The molecule has 4 rings (SSSR count). The van der Waals surface area contributed by atoms with Crippen LogP contribution in [0.15, 0.2) is 78.4 Å². The lowest BCUT2D eigenvalue weighted by Gasteiger charge is -2.25. The zero-order valence-corrected chi connectivity index (χ0v) is 20.3. The molecule has 2 aromatic carbocycles. The first-order valence-electron chi connectivity index (χ1n) is 10.8. The van der Waals surface area contributed by atoms with Gasteiger partial charge < -0.3 is 4.90 Å². The standard InChI is InChI=1S/C28H27ClN2S/c1-5-19-13-14-26(30-25(19)6-2)24-12-8-11-23(28(24)32)22-10-7-9-21(27(22)29)20-15-16-31(4)18(3)17-20/h5,7-18,32H,1,6H2,2-4H3. The predicted octanol–water partition coefficient (Wildman–Crippen LogP) is 7.79. The van der Waals surface area contributed by atoms with Crippen molar-refractivity contribution >= 4 is 35.9 Å². The predicted molar refractivity (Wildman–Crippen MR) is 141 cm³/mol. The Morgan fingerprint density at radius 2 is 1.75 bits per heavy atom. The molecule has 0 fully saturated rings. The highest BCUT2D eigenvalue weighted by Gasteiger charge is 2.18. The van der Waals surface area contributed by atoms with Crippen LogP contribution in [0.5, 0.6) is 0 Å². The monoisotopic (exact) mass is 458 g/mol. The number of benzene rings is 2. The van der Waals surface area contributed by atoms with E-state index < -0.39 is 0 Å². The molecule has 0 spiro atoms. The van der Waals surface area contributed by atoms with Gasteiger partial charge in [0, 0.05) is 40.4 Å². The Morgan fingerprint density at radius 1 is 1.06 bits per heavy atom. The second kappa shape index (κ2) is 9.40. The summed E-state index contributed by atoms with van der Waals surface area (Å²) in [6, 6.07) is 16.8. The average molecular weight is 459 g/mol. The van der Waals surface area contributed by atoms with Crippen molar-refractivity contribution in [2.75, 3.05) is 7.05 Å². The Kier molecular flexibility index (Phi) is 6.59. The second-order valence-corrected chi connectivity index (χ2v) is 8.83. The van der Waals surface area contributed by atoms with Crippen molar-refractivity contribution in [3.05, 3.63) is 95.3 Å². The quantitative estimate of drug-likeness (QED) is 0.392. The van der Waals surface area contributed by atoms with Crippen molar-refractivity contribution in [1.82, 2.24) is 9.88 Å². The molecular weight excluding hydrogens is 432 g/mol. The zero-order chi connectivity index (χ0) is 22.8. The number of hydrogen-bond acceptors (Lipinski definition) is 3. The van der Waals surface area contributed by atoms with E-state index in [1.807, 2.05) is 18.2 Å². The van der Waals surface area contributed by atoms with Gasteiger partial charge in [-0.05, 0) is 48.4 Å². The second-order valence-electron chi connectivity index (χ2n) is 8.00. The van der Waals surface area contributed by atoms with Crippen LogP contribution < -0.4 is 0 Å². The highest BCUT2D eigenvalue weighted by molar-refractivity contribution is 7.80.